The molecule has 61 heavy (non-hydrogen) atoms. The van der Waals surface area contributed by atoms with Crippen LogP contribution >= 0.6 is 11.6 Å². The van der Waals surface area contributed by atoms with Crippen molar-refractivity contribution in [1.82, 2.24) is 30.2 Å². The topological polar surface area (TPSA) is 165 Å². The summed E-state index contributed by atoms with van der Waals surface area (Å²) >= 11 is 6.24. The maximum absolute atomic E-state index is 15.8. The number of allylic oxidation sites excluding steroid dienone is 2. The molecule has 0 spiro atoms. The molecule has 4 aliphatic rings. The van der Waals surface area contributed by atoms with Crippen LogP contribution < -0.4 is 25.8 Å². The molecule has 1 saturated carbocycles. The molecule has 2 aromatic carbocycles. The Hall–Kier alpha value is -5.59. The fourth-order valence-electron chi connectivity index (χ4n) is 9.85. The molecule has 1 aliphatic carbocycles. The number of carbonyl (C=O) groups is 3. The molecule has 7 rings (SSSR count). The molecule has 3 aromatic rings. The highest BCUT2D eigenvalue weighted by Gasteiger charge is 2.64. The van der Waals surface area contributed by atoms with Crippen LogP contribution in [-0.4, -0.2) is 102 Å². The van der Waals surface area contributed by atoms with E-state index in [0.717, 1.165) is 51.3 Å². The molecule has 3 aliphatic heterocycles. The monoisotopic (exact) mass is 853 g/mol. The van der Waals surface area contributed by atoms with Crippen LogP contribution in [-0.2, 0) is 14.4 Å². The number of rotatable bonds is 11. The fourth-order valence-corrected chi connectivity index (χ4v) is 10.1. The number of nitrogens with zero attached hydrogens (tertiary/aromatic N) is 7. The van der Waals surface area contributed by atoms with Crippen LogP contribution in [0.1, 0.15) is 71.9 Å². The number of ether oxygens (including phenoxy) is 1. The number of amides is 3. The van der Waals surface area contributed by atoms with Crippen molar-refractivity contribution in [2.24, 2.45) is 21.7 Å². The van der Waals surface area contributed by atoms with Crippen molar-refractivity contribution in [3.05, 3.63) is 86.8 Å². The Morgan fingerprint density at radius 2 is 1.77 bits per heavy atom. The Labute approximate surface area is 360 Å². The molecular weight excluding hydrogens is 801 g/mol. The van der Waals surface area contributed by atoms with Gasteiger partial charge in [-0.3, -0.25) is 29.4 Å². The second-order valence-electron chi connectivity index (χ2n) is 17.8. The molecule has 1 aromatic heterocycles. The summed E-state index contributed by atoms with van der Waals surface area (Å²) in [5.74, 6) is -0.715. The number of fused-ring (bicyclic) bond motifs is 1. The molecular formula is C45H53ClFN9O5. The number of nitrogens with one attached hydrogen (secondary N) is 2. The maximum Gasteiger partial charge on any atom is 0.275 e. The number of piperidine rings is 2. The van der Waals surface area contributed by atoms with Gasteiger partial charge >= 0.3 is 0 Å². The average Bonchev–Trinajstić information content (AvgIpc) is 3.23. The van der Waals surface area contributed by atoms with E-state index in [4.69, 9.17) is 16.3 Å². The molecule has 4 fully saturated rings. The van der Waals surface area contributed by atoms with Gasteiger partial charge in [-0.05, 0) is 75.2 Å². The maximum atomic E-state index is 15.8. The van der Waals surface area contributed by atoms with Gasteiger partial charge in [-0.25, -0.2) is 14.1 Å². The molecule has 2 N–H and O–H groups in total. The first-order valence-corrected chi connectivity index (χ1v) is 21.2. The Bertz CT molecular complexity index is 2390. The summed E-state index contributed by atoms with van der Waals surface area (Å²) in [5.41, 5.74) is 0.298. The third kappa shape index (κ3) is 8.79. The molecule has 16 heteroatoms. The number of benzene rings is 2. The summed E-state index contributed by atoms with van der Waals surface area (Å²) in [7, 11) is 0. The van der Waals surface area contributed by atoms with E-state index in [1.807, 2.05) is 50.8 Å². The number of anilines is 1. The van der Waals surface area contributed by atoms with Gasteiger partial charge in [-0.1, -0.05) is 39.3 Å². The summed E-state index contributed by atoms with van der Waals surface area (Å²) < 4.78 is 23.3. The second-order valence-corrected chi connectivity index (χ2v) is 18.2. The van der Waals surface area contributed by atoms with Crippen LogP contribution in [0.25, 0.3) is 10.8 Å². The van der Waals surface area contributed by atoms with Crippen LogP contribution in [0.5, 0.6) is 5.75 Å². The third-order valence-electron chi connectivity index (χ3n) is 13.0. The minimum absolute atomic E-state index is 0.138. The van der Waals surface area contributed by atoms with Crippen LogP contribution in [0.3, 0.4) is 0 Å². The molecule has 0 bridgehead atoms. The number of carbonyl (C=O) groups excluding carboxylic acids is 3. The SMILES string of the molecule is C=N/C(=C(F)\C=C(/C)C(=O)NC1C(C)(C)C(Oc2ccc(C#N)c(Cl)c2)C1(C)C)N1CCC(CN2CCN(c3ccc4c(=O)n(C5CCC(=O)NC5=O)ncc4c3)CC2)CC1. The highest BCUT2D eigenvalue weighted by Crippen LogP contribution is 2.55. The zero-order valence-corrected chi connectivity index (χ0v) is 36.1. The van der Waals surface area contributed by atoms with Gasteiger partial charge in [0.15, 0.2) is 11.6 Å². The number of aromatic nitrogens is 2. The zero-order chi connectivity index (χ0) is 43.8. The van der Waals surface area contributed by atoms with E-state index in [1.54, 1.807) is 37.4 Å². The molecule has 322 valence electrons. The van der Waals surface area contributed by atoms with E-state index in [9.17, 15) is 24.4 Å². The number of hydrogen-bond acceptors (Lipinski definition) is 11. The standard InChI is InChI=1S/C45H53ClFN9O5/c1-27(39(58)52-42-44(2,3)43(45(42,4)5)61-32-9-7-29(24-48)34(46)23-32)21-35(47)38(49-6)55-15-13-28(14-16-55)26-53-17-19-54(20-18-53)31-8-10-33-30(22-31)25-50-56(41(33)60)36-11-12-37(57)51-40(36)59/h7-10,21-23,25,28,36,42-43H,6,11-20,26H2,1-5H3,(H,52,58)(H,51,57,59)/b27-21+,38-35-. The van der Waals surface area contributed by atoms with Crippen LogP contribution in [0.2, 0.25) is 5.02 Å². The van der Waals surface area contributed by atoms with Gasteiger partial charge in [0, 0.05) is 91.8 Å². The van der Waals surface area contributed by atoms with Crippen LogP contribution in [0, 0.1) is 28.1 Å². The molecule has 4 heterocycles. The number of nitriles is 1. The Morgan fingerprint density at radius 3 is 2.41 bits per heavy atom. The number of imide groups is 1. The number of aliphatic imine (C=N–C) groups is 1. The van der Waals surface area contributed by atoms with Gasteiger partial charge in [-0.2, -0.15) is 10.4 Å². The summed E-state index contributed by atoms with van der Waals surface area (Å²) in [6.07, 6.45) is 4.72. The molecule has 3 saturated heterocycles. The van der Waals surface area contributed by atoms with Crippen molar-refractivity contribution in [3.8, 4) is 11.8 Å². The summed E-state index contributed by atoms with van der Waals surface area (Å²) in [6, 6.07) is 11.6. The van der Waals surface area contributed by atoms with Gasteiger partial charge in [0.2, 0.25) is 11.8 Å². The van der Waals surface area contributed by atoms with Crippen molar-refractivity contribution >= 4 is 52.5 Å². The lowest BCUT2D eigenvalue weighted by atomic mass is 9.49. The van der Waals surface area contributed by atoms with E-state index in [-0.39, 0.29) is 53.8 Å². The predicted octanol–water partition coefficient (Wildman–Crippen LogP) is 5.52. The first-order chi connectivity index (χ1) is 29.0. The zero-order valence-electron chi connectivity index (χ0n) is 35.3. The highest BCUT2D eigenvalue weighted by atomic mass is 35.5. The number of piperazine rings is 1. The summed E-state index contributed by atoms with van der Waals surface area (Å²) in [6.45, 7) is 18.9. The van der Waals surface area contributed by atoms with Crippen molar-refractivity contribution in [2.45, 2.75) is 78.5 Å². The second kappa shape index (κ2) is 17.4. The fraction of sp³-hybridized carbons (Fsp3) is 0.489. The van der Waals surface area contributed by atoms with E-state index in [2.05, 4.69) is 37.2 Å². The largest absolute Gasteiger partial charge is 0.489 e. The molecule has 1 unspecified atom stereocenters. The van der Waals surface area contributed by atoms with Gasteiger partial charge in [0.05, 0.1) is 22.2 Å². The summed E-state index contributed by atoms with van der Waals surface area (Å²) in [5, 5.41) is 20.4. The number of hydrogen-bond donors (Lipinski definition) is 2. The summed E-state index contributed by atoms with van der Waals surface area (Å²) in [4.78, 5) is 61.4. The first-order valence-electron chi connectivity index (χ1n) is 20.8. The average molecular weight is 854 g/mol. The van der Waals surface area contributed by atoms with Gasteiger partial charge in [0.25, 0.3) is 11.5 Å². The van der Waals surface area contributed by atoms with Crippen molar-refractivity contribution in [3.63, 3.8) is 0 Å². The van der Waals surface area contributed by atoms with Crippen molar-refractivity contribution in [1.29, 1.82) is 5.26 Å². The van der Waals surface area contributed by atoms with Gasteiger partial charge in [-0.15, -0.1) is 0 Å². The molecule has 14 nitrogen and oxygen atoms in total. The highest BCUT2D eigenvalue weighted by molar-refractivity contribution is 6.31. The smallest absolute Gasteiger partial charge is 0.275 e. The Morgan fingerprint density at radius 1 is 1.07 bits per heavy atom. The lowest BCUT2D eigenvalue weighted by Gasteiger charge is -2.63. The minimum atomic E-state index is -0.806. The molecule has 3 amide bonds. The Balaban J connectivity index is 0.890. The Kier molecular flexibility index (Phi) is 12.4. The van der Waals surface area contributed by atoms with E-state index in [1.165, 1.54) is 10.8 Å². The first kappa shape index (κ1) is 43.5. The number of halogens is 2. The van der Waals surface area contributed by atoms with Gasteiger partial charge in [0.1, 0.15) is 24.0 Å². The lowest BCUT2D eigenvalue weighted by molar-refractivity contribution is -0.172. The minimum Gasteiger partial charge on any atom is -0.489 e. The predicted molar refractivity (Wildman–Crippen MR) is 232 cm³/mol. The lowest BCUT2D eigenvalue weighted by Crippen LogP contribution is -2.74. The normalized spacial score (nSPS) is 23.7. The van der Waals surface area contributed by atoms with E-state index in [0.29, 0.717) is 46.1 Å². The van der Waals surface area contributed by atoms with E-state index < -0.39 is 28.6 Å². The quantitative estimate of drug-likeness (QED) is 0.109. The van der Waals surface area contributed by atoms with Crippen molar-refractivity contribution < 1.29 is 23.5 Å². The van der Waals surface area contributed by atoms with Crippen LogP contribution in [0.15, 0.2) is 75.7 Å². The van der Waals surface area contributed by atoms with Gasteiger partial charge < -0.3 is 19.9 Å². The molecule has 1 atom stereocenters. The van der Waals surface area contributed by atoms with Crippen molar-refractivity contribution in [2.75, 3.05) is 50.7 Å². The molecule has 0 radical (unpaired) electrons. The number of likely N-dealkylation sites (tertiary alicyclic amines) is 1. The van der Waals surface area contributed by atoms with E-state index >= 15 is 4.39 Å². The third-order valence-corrected chi connectivity index (χ3v) is 13.3. The van der Waals surface area contributed by atoms with Crippen LogP contribution in [0.4, 0.5) is 10.1 Å².